The molecule has 0 aliphatic heterocycles. The van der Waals surface area contributed by atoms with Gasteiger partial charge in [0.25, 0.3) is 0 Å². The Labute approximate surface area is 97.0 Å². The summed E-state index contributed by atoms with van der Waals surface area (Å²) in [6.07, 6.45) is 2.49. The van der Waals surface area contributed by atoms with Crippen molar-refractivity contribution in [3.05, 3.63) is 0 Å². The monoisotopic (exact) mass is 251 g/mol. The molecule has 0 spiro atoms. The van der Waals surface area contributed by atoms with Crippen LogP contribution in [0.3, 0.4) is 0 Å². The third-order valence-corrected chi connectivity index (χ3v) is 2.79. The molecule has 4 N–H and O–H groups in total. The van der Waals surface area contributed by atoms with E-state index in [2.05, 4.69) is 10.0 Å². The molecule has 7 heteroatoms. The maximum absolute atomic E-state index is 11.6. The van der Waals surface area contributed by atoms with E-state index in [-0.39, 0.29) is 19.0 Å². The number of carbonyl (C=O) groups excluding carboxylic acids is 1. The average molecular weight is 251 g/mol. The van der Waals surface area contributed by atoms with Gasteiger partial charge in [0.15, 0.2) is 0 Å². The maximum Gasteiger partial charge on any atom is 0.239 e. The van der Waals surface area contributed by atoms with Gasteiger partial charge >= 0.3 is 0 Å². The summed E-state index contributed by atoms with van der Waals surface area (Å²) in [6, 6.07) is 0. The van der Waals surface area contributed by atoms with Crippen LogP contribution in [0, 0.1) is 0 Å². The van der Waals surface area contributed by atoms with Gasteiger partial charge in [-0.1, -0.05) is 13.3 Å². The lowest BCUT2D eigenvalue weighted by Gasteiger charge is -2.22. The number of nitrogens with one attached hydrogen (secondary N) is 2. The molecule has 0 aromatic carbocycles. The summed E-state index contributed by atoms with van der Waals surface area (Å²) in [6.45, 7) is 4.02. The quantitative estimate of drug-likeness (QED) is 0.514. The van der Waals surface area contributed by atoms with Gasteiger partial charge in [-0.2, -0.15) is 0 Å². The smallest absolute Gasteiger partial charge is 0.239 e. The van der Waals surface area contributed by atoms with Crippen LogP contribution in [0.4, 0.5) is 0 Å². The molecule has 6 nitrogen and oxygen atoms in total. The molecule has 0 fully saturated rings. The van der Waals surface area contributed by atoms with Crippen molar-refractivity contribution in [2.75, 3.05) is 19.3 Å². The molecule has 0 aromatic heterocycles. The minimum absolute atomic E-state index is 0.173. The Hall–Kier alpha value is -0.660. The zero-order chi connectivity index (χ0) is 12.8. The Morgan fingerprint density at radius 2 is 1.94 bits per heavy atom. The second-order valence-electron chi connectivity index (χ2n) is 4.09. The van der Waals surface area contributed by atoms with Crippen molar-refractivity contribution in [1.82, 2.24) is 10.0 Å². The van der Waals surface area contributed by atoms with E-state index in [9.17, 15) is 13.2 Å². The highest BCUT2D eigenvalue weighted by Gasteiger charge is 2.26. The van der Waals surface area contributed by atoms with E-state index in [1.165, 1.54) is 0 Å². The van der Waals surface area contributed by atoms with Crippen LogP contribution in [0.15, 0.2) is 0 Å². The van der Waals surface area contributed by atoms with Crippen LogP contribution in [0.25, 0.3) is 0 Å². The van der Waals surface area contributed by atoms with Crippen LogP contribution in [0.5, 0.6) is 0 Å². The molecular formula is C9H21N3O3S. The zero-order valence-electron chi connectivity index (χ0n) is 10.0. The summed E-state index contributed by atoms with van der Waals surface area (Å²) >= 11 is 0. The highest BCUT2D eigenvalue weighted by Crippen LogP contribution is 2.07. The van der Waals surface area contributed by atoms with Crippen molar-refractivity contribution in [3.8, 4) is 0 Å². The van der Waals surface area contributed by atoms with Gasteiger partial charge in [0.05, 0.1) is 11.8 Å². The van der Waals surface area contributed by atoms with Crippen LogP contribution in [0.1, 0.15) is 26.7 Å². The SMILES string of the molecule is CCCC(C)(N)C(=O)NCCNS(C)(=O)=O. The van der Waals surface area contributed by atoms with Crippen LogP contribution in [-0.4, -0.2) is 39.2 Å². The average Bonchev–Trinajstić information content (AvgIpc) is 2.10. The number of sulfonamides is 1. The number of carbonyl (C=O) groups is 1. The van der Waals surface area contributed by atoms with Crippen molar-refractivity contribution in [2.45, 2.75) is 32.2 Å². The lowest BCUT2D eigenvalue weighted by atomic mass is 9.97. The Kier molecular flexibility index (Phi) is 5.91. The third kappa shape index (κ3) is 6.76. The summed E-state index contributed by atoms with van der Waals surface area (Å²) in [7, 11) is -3.20. The molecule has 0 heterocycles. The Balaban J connectivity index is 3.90. The first-order chi connectivity index (χ1) is 7.19. The number of rotatable bonds is 7. The number of hydrogen-bond donors (Lipinski definition) is 3. The number of nitrogens with two attached hydrogens (primary N) is 1. The van der Waals surface area contributed by atoms with Gasteiger partial charge in [0.1, 0.15) is 0 Å². The first-order valence-electron chi connectivity index (χ1n) is 5.21. The predicted molar refractivity (Wildman–Crippen MR) is 63.4 cm³/mol. The van der Waals surface area contributed by atoms with Gasteiger partial charge in [-0.05, 0) is 13.3 Å². The summed E-state index contributed by atoms with van der Waals surface area (Å²) in [4.78, 5) is 11.6. The summed E-state index contributed by atoms with van der Waals surface area (Å²) in [5.41, 5.74) is 4.90. The van der Waals surface area contributed by atoms with E-state index >= 15 is 0 Å². The molecule has 16 heavy (non-hydrogen) atoms. The normalized spacial score (nSPS) is 15.5. The molecule has 0 saturated carbocycles. The van der Waals surface area contributed by atoms with Crippen LogP contribution >= 0.6 is 0 Å². The van der Waals surface area contributed by atoms with Gasteiger partial charge in [0.2, 0.25) is 15.9 Å². The lowest BCUT2D eigenvalue weighted by molar-refractivity contribution is -0.126. The Morgan fingerprint density at radius 3 is 2.38 bits per heavy atom. The molecule has 0 rings (SSSR count). The number of amides is 1. The molecule has 1 atom stereocenters. The van der Waals surface area contributed by atoms with E-state index in [0.29, 0.717) is 6.42 Å². The van der Waals surface area contributed by atoms with Gasteiger partial charge in [-0.25, -0.2) is 13.1 Å². The lowest BCUT2D eigenvalue weighted by Crippen LogP contribution is -2.52. The molecule has 0 bridgehead atoms. The molecule has 1 unspecified atom stereocenters. The fourth-order valence-corrected chi connectivity index (χ4v) is 1.72. The van der Waals surface area contributed by atoms with Crippen molar-refractivity contribution in [2.24, 2.45) is 5.73 Å². The standard InChI is InChI=1S/C9H21N3O3S/c1-4-5-9(2,10)8(13)11-6-7-12-16(3,14)15/h12H,4-7,10H2,1-3H3,(H,11,13). The third-order valence-electron chi connectivity index (χ3n) is 2.06. The van der Waals surface area contributed by atoms with Gasteiger partial charge in [0, 0.05) is 13.1 Å². The zero-order valence-corrected chi connectivity index (χ0v) is 10.9. The van der Waals surface area contributed by atoms with Crippen molar-refractivity contribution in [1.29, 1.82) is 0 Å². The summed E-state index contributed by atoms with van der Waals surface area (Å²) in [5.74, 6) is -0.260. The minimum atomic E-state index is -3.20. The fourth-order valence-electron chi connectivity index (χ4n) is 1.25. The van der Waals surface area contributed by atoms with E-state index in [1.54, 1.807) is 6.92 Å². The largest absolute Gasteiger partial charge is 0.353 e. The van der Waals surface area contributed by atoms with Crippen LogP contribution in [0.2, 0.25) is 0 Å². The number of hydrogen-bond acceptors (Lipinski definition) is 4. The fraction of sp³-hybridized carbons (Fsp3) is 0.889. The van der Waals surface area contributed by atoms with E-state index < -0.39 is 15.6 Å². The first kappa shape index (κ1) is 15.3. The molecule has 0 radical (unpaired) electrons. The highest BCUT2D eigenvalue weighted by molar-refractivity contribution is 7.88. The summed E-state index contributed by atoms with van der Waals surface area (Å²) < 4.78 is 23.7. The predicted octanol–water partition coefficient (Wildman–Crippen LogP) is -0.831. The molecule has 0 saturated heterocycles. The highest BCUT2D eigenvalue weighted by atomic mass is 32.2. The molecule has 0 aliphatic rings. The van der Waals surface area contributed by atoms with E-state index in [4.69, 9.17) is 5.73 Å². The summed E-state index contributed by atoms with van der Waals surface area (Å²) in [5, 5.41) is 2.59. The van der Waals surface area contributed by atoms with Gasteiger partial charge in [-0.3, -0.25) is 4.79 Å². The van der Waals surface area contributed by atoms with Crippen LogP contribution in [-0.2, 0) is 14.8 Å². The molecule has 0 aromatic rings. The molecule has 1 amide bonds. The molecular weight excluding hydrogens is 230 g/mol. The first-order valence-corrected chi connectivity index (χ1v) is 7.10. The van der Waals surface area contributed by atoms with Gasteiger partial charge < -0.3 is 11.1 Å². The van der Waals surface area contributed by atoms with Crippen molar-refractivity contribution in [3.63, 3.8) is 0 Å². The minimum Gasteiger partial charge on any atom is -0.353 e. The van der Waals surface area contributed by atoms with Gasteiger partial charge in [-0.15, -0.1) is 0 Å². The van der Waals surface area contributed by atoms with E-state index in [0.717, 1.165) is 12.7 Å². The molecule has 0 aliphatic carbocycles. The van der Waals surface area contributed by atoms with E-state index in [1.807, 2.05) is 6.92 Å². The van der Waals surface area contributed by atoms with Crippen molar-refractivity contribution >= 4 is 15.9 Å². The second kappa shape index (κ2) is 6.17. The van der Waals surface area contributed by atoms with Crippen molar-refractivity contribution < 1.29 is 13.2 Å². The maximum atomic E-state index is 11.6. The van der Waals surface area contributed by atoms with Crippen LogP contribution < -0.4 is 15.8 Å². The molecule has 96 valence electrons. The topological polar surface area (TPSA) is 101 Å². The Bertz CT molecular complexity index is 325. The Morgan fingerprint density at radius 1 is 1.38 bits per heavy atom. The second-order valence-corrected chi connectivity index (χ2v) is 5.92.